The average Bonchev–Trinajstić information content (AvgIpc) is 2.50. The second-order valence-electron chi connectivity index (χ2n) is 4.55. The molecule has 0 saturated carbocycles. The highest BCUT2D eigenvalue weighted by atomic mass is 16.5. The number of nitrogens with zero attached hydrogens (tertiary/aromatic N) is 2. The van der Waals surface area contributed by atoms with Crippen LogP contribution in [0.15, 0.2) is 30.3 Å². The zero-order valence-corrected chi connectivity index (χ0v) is 12.0. The van der Waals surface area contributed by atoms with Gasteiger partial charge in [-0.1, -0.05) is 50.1 Å². The SMILES string of the molecule is CCCC[C@H](NC(=O)OCc1ccccc1)C(=O)C=[N+]=[N-]. The van der Waals surface area contributed by atoms with Crippen LogP contribution in [0.1, 0.15) is 31.7 Å². The maximum atomic E-state index is 11.7. The zero-order valence-electron chi connectivity index (χ0n) is 12.0. The van der Waals surface area contributed by atoms with Crippen molar-refractivity contribution in [2.75, 3.05) is 0 Å². The van der Waals surface area contributed by atoms with Crippen molar-refractivity contribution in [2.24, 2.45) is 0 Å². The van der Waals surface area contributed by atoms with E-state index < -0.39 is 17.9 Å². The predicted molar refractivity (Wildman–Crippen MR) is 77.8 cm³/mol. The van der Waals surface area contributed by atoms with Crippen molar-refractivity contribution in [2.45, 2.75) is 38.8 Å². The molecule has 0 bridgehead atoms. The molecule has 0 aliphatic rings. The second-order valence-corrected chi connectivity index (χ2v) is 4.55. The molecule has 0 radical (unpaired) electrons. The van der Waals surface area contributed by atoms with Crippen LogP contribution >= 0.6 is 0 Å². The Morgan fingerprint density at radius 2 is 2.10 bits per heavy atom. The molecule has 6 heteroatoms. The van der Waals surface area contributed by atoms with Gasteiger partial charge in [-0.15, -0.1) is 0 Å². The molecular formula is C15H19N3O3. The fourth-order valence-corrected chi connectivity index (χ4v) is 1.75. The topological polar surface area (TPSA) is 91.8 Å². The first-order valence-corrected chi connectivity index (χ1v) is 6.85. The number of Topliss-reactive ketones (excluding diaryl/α,β-unsaturated/α-hetero) is 1. The van der Waals surface area contributed by atoms with Gasteiger partial charge in [0.25, 0.3) is 5.78 Å². The van der Waals surface area contributed by atoms with E-state index in [9.17, 15) is 9.59 Å². The molecule has 6 nitrogen and oxygen atoms in total. The summed E-state index contributed by atoms with van der Waals surface area (Å²) in [5, 5.41) is 2.49. The van der Waals surface area contributed by atoms with Gasteiger partial charge in [-0.25, -0.2) is 4.79 Å². The third-order valence-electron chi connectivity index (χ3n) is 2.88. The molecule has 21 heavy (non-hydrogen) atoms. The summed E-state index contributed by atoms with van der Waals surface area (Å²) in [6.07, 6.45) is 2.26. The number of nitrogens with one attached hydrogen (secondary N) is 1. The Hall–Kier alpha value is -2.46. The van der Waals surface area contributed by atoms with E-state index in [0.29, 0.717) is 6.42 Å². The van der Waals surface area contributed by atoms with Crippen LogP contribution < -0.4 is 5.32 Å². The van der Waals surface area contributed by atoms with Crippen LogP contribution in [0.25, 0.3) is 5.53 Å². The molecular weight excluding hydrogens is 270 g/mol. The minimum absolute atomic E-state index is 0.134. The number of carbonyl (C=O) groups excluding carboxylic acids is 2. The van der Waals surface area contributed by atoms with Gasteiger partial charge in [-0.05, 0) is 12.0 Å². The number of carbonyl (C=O) groups is 2. The van der Waals surface area contributed by atoms with E-state index in [1.807, 2.05) is 37.3 Å². The highest BCUT2D eigenvalue weighted by Crippen LogP contribution is 2.04. The summed E-state index contributed by atoms with van der Waals surface area (Å²) in [7, 11) is 0. The summed E-state index contributed by atoms with van der Waals surface area (Å²) in [5.74, 6) is -0.456. The maximum Gasteiger partial charge on any atom is 0.408 e. The Labute approximate surface area is 123 Å². The van der Waals surface area contributed by atoms with Crippen molar-refractivity contribution >= 4 is 18.1 Å². The molecule has 1 aromatic rings. The number of benzene rings is 1. The van der Waals surface area contributed by atoms with E-state index in [0.717, 1.165) is 24.6 Å². The average molecular weight is 289 g/mol. The van der Waals surface area contributed by atoms with Crippen LogP contribution in [-0.4, -0.2) is 28.9 Å². The van der Waals surface area contributed by atoms with Crippen molar-refractivity contribution in [3.05, 3.63) is 41.4 Å². The quantitative estimate of drug-likeness (QED) is 0.452. The third kappa shape index (κ3) is 6.49. The van der Waals surface area contributed by atoms with E-state index in [2.05, 4.69) is 10.1 Å². The normalized spacial score (nSPS) is 11.1. The van der Waals surface area contributed by atoms with E-state index in [4.69, 9.17) is 10.3 Å². The highest BCUT2D eigenvalue weighted by molar-refractivity contribution is 6.28. The van der Waals surface area contributed by atoms with Crippen LogP contribution in [0, 0.1) is 0 Å². The molecule has 1 amide bonds. The number of hydrogen-bond acceptors (Lipinski definition) is 3. The monoisotopic (exact) mass is 289 g/mol. The molecule has 0 aromatic heterocycles. The van der Waals surface area contributed by atoms with Crippen LogP contribution in [0.5, 0.6) is 0 Å². The Morgan fingerprint density at radius 1 is 1.38 bits per heavy atom. The lowest BCUT2D eigenvalue weighted by molar-refractivity contribution is -0.118. The number of rotatable bonds is 8. The highest BCUT2D eigenvalue weighted by Gasteiger charge is 2.22. The van der Waals surface area contributed by atoms with Crippen molar-refractivity contribution in [1.82, 2.24) is 5.32 Å². The summed E-state index contributed by atoms with van der Waals surface area (Å²) < 4.78 is 5.06. The minimum Gasteiger partial charge on any atom is -0.445 e. The Bertz CT molecular complexity index is 510. The molecule has 1 atom stereocenters. The smallest absolute Gasteiger partial charge is 0.408 e. The molecule has 0 spiro atoms. The first-order valence-electron chi connectivity index (χ1n) is 6.85. The van der Waals surface area contributed by atoms with Crippen LogP contribution in [0.4, 0.5) is 4.79 Å². The van der Waals surface area contributed by atoms with E-state index >= 15 is 0 Å². The summed E-state index contributed by atoms with van der Waals surface area (Å²) >= 11 is 0. The molecule has 0 unspecified atom stereocenters. The van der Waals surface area contributed by atoms with Crippen molar-refractivity contribution in [3.8, 4) is 0 Å². The largest absolute Gasteiger partial charge is 0.445 e. The Morgan fingerprint density at radius 3 is 2.71 bits per heavy atom. The van der Waals surface area contributed by atoms with Gasteiger partial charge in [-0.2, -0.15) is 4.79 Å². The van der Waals surface area contributed by atoms with Gasteiger partial charge in [0.05, 0.1) is 0 Å². The Balaban J connectivity index is 2.51. The zero-order chi connectivity index (χ0) is 15.5. The van der Waals surface area contributed by atoms with Crippen molar-refractivity contribution < 1.29 is 19.1 Å². The summed E-state index contributed by atoms with van der Waals surface area (Å²) in [5.41, 5.74) is 9.26. The first-order chi connectivity index (χ1) is 10.2. The molecule has 1 rings (SSSR count). The molecule has 0 aliphatic carbocycles. The summed E-state index contributed by atoms with van der Waals surface area (Å²) in [4.78, 5) is 26.1. The number of hydrogen-bond donors (Lipinski definition) is 1. The maximum absolute atomic E-state index is 11.7. The van der Waals surface area contributed by atoms with Gasteiger partial charge >= 0.3 is 12.3 Å². The molecule has 1 N–H and O–H groups in total. The number of ketones is 1. The van der Waals surface area contributed by atoms with Crippen molar-refractivity contribution in [1.29, 1.82) is 0 Å². The Kier molecular flexibility index (Phi) is 7.46. The second kappa shape index (κ2) is 9.44. The molecule has 1 aromatic carbocycles. The molecule has 0 fully saturated rings. The van der Waals surface area contributed by atoms with Crippen LogP contribution in [-0.2, 0) is 16.1 Å². The molecule has 0 saturated heterocycles. The van der Waals surface area contributed by atoms with Gasteiger partial charge in [0.1, 0.15) is 12.6 Å². The van der Waals surface area contributed by atoms with Crippen molar-refractivity contribution in [3.63, 3.8) is 0 Å². The van der Waals surface area contributed by atoms with E-state index in [1.54, 1.807) is 0 Å². The number of unbranched alkanes of at least 4 members (excludes halogenated alkanes) is 1. The van der Waals surface area contributed by atoms with Gasteiger partial charge < -0.3 is 15.6 Å². The van der Waals surface area contributed by atoms with Gasteiger partial charge in [0.15, 0.2) is 0 Å². The predicted octanol–water partition coefficient (Wildman–Crippen LogP) is 2.34. The van der Waals surface area contributed by atoms with Gasteiger partial charge in [-0.3, -0.25) is 4.79 Å². The summed E-state index contributed by atoms with van der Waals surface area (Å²) in [6, 6.07) is 8.52. The lowest BCUT2D eigenvalue weighted by atomic mass is 10.1. The summed E-state index contributed by atoms with van der Waals surface area (Å²) in [6.45, 7) is 2.12. The standard InChI is InChI=1S/C15H19N3O3/c1-2-3-9-13(14(19)10-17-16)18-15(20)21-11-12-7-5-4-6-8-12/h4-8,10,13H,2-3,9,11H2,1H3,(H,18,20)/t13-/m0/s1. The number of alkyl carbamates (subject to hydrolysis) is 1. The number of ether oxygens (including phenoxy) is 1. The van der Waals surface area contributed by atoms with Crippen LogP contribution in [0.3, 0.4) is 0 Å². The molecule has 112 valence electrons. The van der Waals surface area contributed by atoms with E-state index in [-0.39, 0.29) is 6.61 Å². The molecule has 0 heterocycles. The fraction of sp³-hybridized carbons (Fsp3) is 0.400. The number of amides is 1. The first kappa shape index (κ1) is 16.6. The lowest BCUT2D eigenvalue weighted by Crippen LogP contribution is -2.41. The molecule has 0 aliphatic heterocycles. The van der Waals surface area contributed by atoms with E-state index in [1.165, 1.54) is 0 Å². The van der Waals surface area contributed by atoms with Gasteiger partial charge in [0.2, 0.25) is 0 Å². The van der Waals surface area contributed by atoms with Gasteiger partial charge in [0, 0.05) is 0 Å². The fourth-order valence-electron chi connectivity index (χ4n) is 1.75. The van der Waals surface area contributed by atoms with Crippen LogP contribution in [0.2, 0.25) is 0 Å². The third-order valence-corrected chi connectivity index (χ3v) is 2.88. The minimum atomic E-state index is -0.732. The lowest BCUT2D eigenvalue weighted by Gasteiger charge is -2.14.